The molecule has 0 unspecified atom stereocenters. The van der Waals surface area contributed by atoms with Crippen LogP contribution in [-0.4, -0.2) is 0 Å². The topological polar surface area (TPSA) is 16.4 Å². The van der Waals surface area contributed by atoms with Crippen LogP contribution in [0, 0.1) is 0 Å². The first-order chi connectivity index (χ1) is 14.8. The molecule has 148 valence electrons. The fraction of sp³-hybridized carbons (Fsp3) is 0.143. The van der Waals surface area contributed by atoms with Crippen molar-refractivity contribution in [2.24, 2.45) is 0 Å². The Hall–Kier alpha value is -3.52. The van der Waals surface area contributed by atoms with E-state index in [0.29, 0.717) is 0 Å². The maximum absolute atomic E-state index is 6.37. The number of nitrogens with zero attached hydrogens (tertiary/aromatic N) is 1. The lowest BCUT2D eigenvalue weighted by molar-refractivity contribution is 0.667. The highest BCUT2D eigenvalue weighted by Gasteiger charge is 2.20. The molecule has 30 heavy (non-hydrogen) atoms. The van der Waals surface area contributed by atoms with Crippen LogP contribution in [0.25, 0.3) is 21.9 Å². The monoisotopic (exact) mass is 391 g/mol. The molecule has 0 aliphatic heterocycles. The average molecular weight is 392 g/mol. The number of fused-ring (bicyclic) bond motifs is 3. The molecule has 1 heterocycles. The number of para-hydroxylation sites is 2. The van der Waals surface area contributed by atoms with Crippen molar-refractivity contribution >= 4 is 39.0 Å². The maximum atomic E-state index is 6.37. The molecule has 0 spiro atoms. The van der Waals surface area contributed by atoms with E-state index in [1.165, 1.54) is 11.1 Å². The number of hydrogen-bond acceptors (Lipinski definition) is 2. The van der Waals surface area contributed by atoms with Crippen LogP contribution in [0.15, 0.2) is 95.4 Å². The Morgan fingerprint density at radius 2 is 1.23 bits per heavy atom. The fourth-order valence-corrected chi connectivity index (χ4v) is 4.17. The zero-order valence-corrected chi connectivity index (χ0v) is 17.4. The van der Waals surface area contributed by atoms with Crippen LogP contribution in [0.2, 0.25) is 0 Å². The Kier molecular flexibility index (Phi) is 4.76. The molecule has 0 N–H and O–H groups in total. The molecule has 2 heteroatoms. The fourth-order valence-electron chi connectivity index (χ4n) is 4.17. The highest BCUT2D eigenvalue weighted by Crippen LogP contribution is 2.43. The van der Waals surface area contributed by atoms with Crippen molar-refractivity contribution in [1.29, 1.82) is 0 Å². The predicted octanol–water partition coefficient (Wildman–Crippen LogP) is 8.18. The van der Waals surface area contributed by atoms with Gasteiger partial charge in [0.25, 0.3) is 0 Å². The highest BCUT2D eigenvalue weighted by molar-refractivity contribution is 6.13. The molecule has 0 saturated carbocycles. The molecule has 0 atom stereocenters. The van der Waals surface area contributed by atoms with Crippen LogP contribution in [0.3, 0.4) is 0 Å². The first-order valence-electron chi connectivity index (χ1n) is 10.7. The summed E-state index contributed by atoms with van der Waals surface area (Å²) in [7, 11) is 0. The third-order valence-corrected chi connectivity index (χ3v) is 5.76. The van der Waals surface area contributed by atoms with Gasteiger partial charge in [0.15, 0.2) is 0 Å². The molecule has 0 saturated heterocycles. The summed E-state index contributed by atoms with van der Waals surface area (Å²) >= 11 is 0. The lowest BCUT2D eigenvalue weighted by Gasteiger charge is -2.26. The van der Waals surface area contributed by atoms with Crippen LogP contribution in [-0.2, 0) is 12.8 Å². The molecule has 0 amide bonds. The smallest absolute Gasteiger partial charge is 0.137 e. The van der Waals surface area contributed by atoms with Gasteiger partial charge in [-0.05, 0) is 66.4 Å². The third-order valence-electron chi connectivity index (χ3n) is 5.76. The lowest BCUT2D eigenvalue weighted by Crippen LogP contribution is -2.10. The highest BCUT2D eigenvalue weighted by atomic mass is 16.3. The normalized spacial score (nSPS) is 11.3. The van der Waals surface area contributed by atoms with Crippen LogP contribution in [0.5, 0.6) is 0 Å². The first kappa shape index (κ1) is 18.5. The Balaban J connectivity index is 1.86. The molecule has 2 nitrogen and oxygen atoms in total. The standard InChI is InChI=1S/C28H25NO/c1-3-20-15-16-24-26(18-20)30-27-19-21(4-2)17-25(28(24)27)29(22-11-7-5-8-12-22)23-13-9-6-10-14-23/h5-19H,3-4H2,1-2H3. The van der Waals surface area contributed by atoms with E-state index >= 15 is 0 Å². The van der Waals surface area contributed by atoms with Gasteiger partial charge in [-0.1, -0.05) is 62.4 Å². The second kappa shape index (κ2) is 7.72. The lowest BCUT2D eigenvalue weighted by atomic mass is 10.0. The van der Waals surface area contributed by atoms with Crippen LogP contribution < -0.4 is 4.90 Å². The molecule has 0 aliphatic rings. The van der Waals surface area contributed by atoms with Gasteiger partial charge < -0.3 is 9.32 Å². The van der Waals surface area contributed by atoms with Crippen LogP contribution in [0.1, 0.15) is 25.0 Å². The van der Waals surface area contributed by atoms with Crippen molar-refractivity contribution in [3.8, 4) is 0 Å². The summed E-state index contributed by atoms with van der Waals surface area (Å²) in [6.45, 7) is 4.37. The minimum atomic E-state index is 0.949. The third kappa shape index (κ3) is 3.15. The Morgan fingerprint density at radius 1 is 0.633 bits per heavy atom. The van der Waals surface area contributed by atoms with E-state index < -0.39 is 0 Å². The second-order valence-corrected chi connectivity index (χ2v) is 7.63. The van der Waals surface area contributed by atoms with Gasteiger partial charge in [0.1, 0.15) is 11.2 Å². The molecular formula is C28H25NO. The molecule has 4 aromatic carbocycles. The Labute approximate surface area is 177 Å². The van der Waals surface area contributed by atoms with E-state index in [0.717, 1.165) is 51.8 Å². The quantitative estimate of drug-likeness (QED) is 0.300. The van der Waals surface area contributed by atoms with E-state index in [4.69, 9.17) is 4.42 Å². The van der Waals surface area contributed by atoms with Gasteiger partial charge in [-0.2, -0.15) is 0 Å². The molecule has 1 aromatic heterocycles. The van der Waals surface area contributed by atoms with E-state index in [9.17, 15) is 0 Å². The SMILES string of the molecule is CCc1ccc2c(c1)oc1cc(CC)cc(N(c3ccccc3)c3ccccc3)c12. The summed E-state index contributed by atoms with van der Waals surface area (Å²) < 4.78 is 6.37. The average Bonchev–Trinajstić information content (AvgIpc) is 3.18. The van der Waals surface area contributed by atoms with Gasteiger partial charge in [-0.25, -0.2) is 0 Å². The van der Waals surface area contributed by atoms with Gasteiger partial charge in [0.05, 0.1) is 11.1 Å². The van der Waals surface area contributed by atoms with Gasteiger partial charge in [-0.3, -0.25) is 0 Å². The van der Waals surface area contributed by atoms with E-state index in [1.807, 2.05) is 0 Å². The number of rotatable bonds is 5. The van der Waals surface area contributed by atoms with Crippen molar-refractivity contribution in [1.82, 2.24) is 0 Å². The molecule has 0 aliphatic carbocycles. The van der Waals surface area contributed by atoms with Gasteiger partial charge in [0, 0.05) is 16.8 Å². The van der Waals surface area contributed by atoms with Crippen molar-refractivity contribution < 1.29 is 4.42 Å². The summed E-state index contributed by atoms with van der Waals surface area (Å²) in [6, 6.07) is 32.2. The summed E-state index contributed by atoms with van der Waals surface area (Å²) in [6.07, 6.45) is 1.96. The van der Waals surface area contributed by atoms with Gasteiger partial charge in [-0.15, -0.1) is 0 Å². The number of anilines is 3. The number of hydrogen-bond donors (Lipinski definition) is 0. The summed E-state index contributed by atoms with van der Waals surface area (Å²) in [5.74, 6) is 0. The summed E-state index contributed by atoms with van der Waals surface area (Å²) in [5, 5.41) is 2.33. The Bertz CT molecular complexity index is 1260. The summed E-state index contributed by atoms with van der Waals surface area (Å²) in [4.78, 5) is 2.34. The minimum Gasteiger partial charge on any atom is -0.456 e. The van der Waals surface area contributed by atoms with Crippen molar-refractivity contribution in [2.75, 3.05) is 4.90 Å². The second-order valence-electron chi connectivity index (χ2n) is 7.63. The van der Waals surface area contributed by atoms with E-state index in [1.54, 1.807) is 0 Å². The van der Waals surface area contributed by atoms with E-state index in [-0.39, 0.29) is 0 Å². The van der Waals surface area contributed by atoms with Gasteiger partial charge in [0.2, 0.25) is 0 Å². The molecular weight excluding hydrogens is 366 g/mol. The van der Waals surface area contributed by atoms with Crippen LogP contribution >= 0.6 is 0 Å². The van der Waals surface area contributed by atoms with Crippen molar-refractivity contribution in [2.45, 2.75) is 26.7 Å². The van der Waals surface area contributed by atoms with E-state index in [2.05, 4.69) is 110 Å². The molecule has 0 bridgehead atoms. The van der Waals surface area contributed by atoms with Crippen molar-refractivity contribution in [3.05, 3.63) is 102 Å². The molecule has 0 radical (unpaired) electrons. The molecule has 5 rings (SSSR count). The maximum Gasteiger partial charge on any atom is 0.137 e. The first-order valence-corrected chi connectivity index (χ1v) is 10.7. The zero-order chi connectivity index (χ0) is 20.5. The predicted molar refractivity (Wildman–Crippen MR) is 127 cm³/mol. The Morgan fingerprint density at radius 3 is 1.83 bits per heavy atom. The minimum absolute atomic E-state index is 0.949. The number of aryl methyl sites for hydroxylation is 2. The number of furan rings is 1. The number of benzene rings is 4. The summed E-state index contributed by atoms with van der Waals surface area (Å²) in [5.41, 5.74) is 7.90. The largest absolute Gasteiger partial charge is 0.456 e. The molecule has 0 fully saturated rings. The van der Waals surface area contributed by atoms with Crippen LogP contribution in [0.4, 0.5) is 17.1 Å². The van der Waals surface area contributed by atoms with Gasteiger partial charge >= 0.3 is 0 Å². The zero-order valence-electron chi connectivity index (χ0n) is 17.4. The van der Waals surface area contributed by atoms with Crippen molar-refractivity contribution in [3.63, 3.8) is 0 Å². The molecule has 5 aromatic rings.